The van der Waals surface area contributed by atoms with Crippen LogP contribution in [0.2, 0.25) is 0 Å². The summed E-state index contributed by atoms with van der Waals surface area (Å²) >= 11 is 0. The number of hydrogen-bond donors (Lipinski definition) is 2. The standard InChI is InChI=1S/C10H12N6O4/c1-15-6(3-4-12-15)5-11-9(17)7-8(16(18)19)10(20-2)14-13-7/h3-4H,5H2,1-2H3,(H,11,17)(H,13,14). The summed E-state index contributed by atoms with van der Waals surface area (Å²) in [5.41, 5.74) is 0.0107. The first-order valence-electron chi connectivity index (χ1n) is 5.56. The van der Waals surface area contributed by atoms with Crippen molar-refractivity contribution in [3.63, 3.8) is 0 Å². The molecule has 2 aromatic heterocycles. The minimum Gasteiger partial charge on any atom is -0.475 e. The third-order valence-corrected chi connectivity index (χ3v) is 2.66. The van der Waals surface area contributed by atoms with Gasteiger partial charge in [-0.3, -0.25) is 24.7 Å². The first-order valence-corrected chi connectivity index (χ1v) is 5.56. The van der Waals surface area contributed by atoms with Crippen LogP contribution in [0, 0.1) is 10.1 Å². The predicted molar refractivity (Wildman–Crippen MR) is 66.2 cm³/mol. The molecule has 0 unspecified atom stereocenters. The molecular formula is C10H12N6O4. The van der Waals surface area contributed by atoms with Crippen LogP contribution in [0.5, 0.6) is 5.88 Å². The second kappa shape index (κ2) is 5.38. The van der Waals surface area contributed by atoms with Gasteiger partial charge in [-0.05, 0) is 6.07 Å². The molecule has 2 rings (SSSR count). The number of amides is 1. The summed E-state index contributed by atoms with van der Waals surface area (Å²) in [6.45, 7) is 0.188. The summed E-state index contributed by atoms with van der Waals surface area (Å²) in [4.78, 5) is 22.1. The van der Waals surface area contributed by atoms with Gasteiger partial charge in [0.1, 0.15) is 0 Å². The summed E-state index contributed by atoms with van der Waals surface area (Å²) in [7, 11) is 2.96. The number of H-pyrrole nitrogens is 1. The van der Waals surface area contributed by atoms with Crippen LogP contribution < -0.4 is 10.1 Å². The number of aromatic nitrogens is 4. The maximum absolute atomic E-state index is 11.9. The van der Waals surface area contributed by atoms with Gasteiger partial charge in [-0.2, -0.15) is 5.10 Å². The molecule has 0 spiro atoms. The molecule has 0 fully saturated rings. The number of hydrogen-bond acceptors (Lipinski definition) is 6. The maximum Gasteiger partial charge on any atom is 0.362 e. The second-order valence-corrected chi connectivity index (χ2v) is 3.84. The molecule has 106 valence electrons. The van der Waals surface area contributed by atoms with Gasteiger partial charge in [0.25, 0.3) is 5.91 Å². The number of rotatable bonds is 5. The van der Waals surface area contributed by atoms with Crippen LogP contribution in [-0.2, 0) is 13.6 Å². The van der Waals surface area contributed by atoms with E-state index in [1.54, 1.807) is 24.0 Å². The Morgan fingerprint density at radius 1 is 1.65 bits per heavy atom. The monoisotopic (exact) mass is 280 g/mol. The predicted octanol–water partition coefficient (Wildman–Crippen LogP) is -0.0100. The highest BCUT2D eigenvalue weighted by molar-refractivity contribution is 5.96. The van der Waals surface area contributed by atoms with Gasteiger partial charge >= 0.3 is 11.6 Å². The molecule has 10 heteroatoms. The topological polar surface area (TPSA) is 128 Å². The Balaban J connectivity index is 2.15. The van der Waals surface area contributed by atoms with Crippen molar-refractivity contribution in [2.75, 3.05) is 7.11 Å². The molecule has 0 aliphatic heterocycles. The fraction of sp³-hybridized carbons (Fsp3) is 0.300. The van der Waals surface area contributed by atoms with Gasteiger partial charge in [0.2, 0.25) is 5.69 Å². The molecule has 0 aliphatic carbocycles. The van der Waals surface area contributed by atoms with Gasteiger partial charge in [0, 0.05) is 13.2 Å². The van der Waals surface area contributed by atoms with E-state index in [0.29, 0.717) is 0 Å². The normalized spacial score (nSPS) is 10.3. The third kappa shape index (κ3) is 2.43. The summed E-state index contributed by atoms with van der Waals surface area (Å²) in [5, 5.41) is 23.3. The van der Waals surface area contributed by atoms with Crippen LogP contribution in [0.3, 0.4) is 0 Å². The second-order valence-electron chi connectivity index (χ2n) is 3.84. The Labute approximate surface area is 112 Å². The lowest BCUT2D eigenvalue weighted by atomic mass is 10.3. The Morgan fingerprint density at radius 2 is 2.40 bits per heavy atom. The summed E-state index contributed by atoms with van der Waals surface area (Å²) < 4.78 is 6.31. The zero-order valence-electron chi connectivity index (χ0n) is 10.8. The molecule has 10 nitrogen and oxygen atoms in total. The molecule has 0 aliphatic rings. The largest absolute Gasteiger partial charge is 0.475 e. The fourth-order valence-electron chi connectivity index (χ4n) is 1.62. The number of ether oxygens (including phenoxy) is 1. The number of nitrogens with zero attached hydrogens (tertiary/aromatic N) is 4. The maximum atomic E-state index is 11.9. The van der Waals surface area contributed by atoms with Gasteiger partial charge in [-0.25, -0.2) is 0 Å². The van der Waals surface area contributed by atoms with Crippen molar-refractivity contribution in [3.05, 3.63) is 33.8 Å². The van der Waals surface area contributed by atoms with Gasteiger partial charge < -0.3 is 10.1 Å². The average Bonchev–Trinajstić information content (AvgIpc) is 3.01. The highest BCUT2D eigenvalue weighted by Gasteiger charge is 2.29. The fourth-order valence-corrected chi connectivity index (χ4v) is 1.62. The first-order chi connectivity index (χ1) is 9.54. The molecule has 20 heavy (non-hydrogen) atoms. The van der Waals surface area contributed by atoms with Crippen LogP contribution in [-0.4, -0.2) is 37.9 Å². The van der Waals surface area contributed by atoms with Crippen LogP contribution in [0.1, 0.15) is 16.2 Å². The van der Waals surface area contributed by atoms with E-state index in [2.05, 4.69) is 20.6 Å². The zero-order chi connectivity index (χ0) is 14.7. The van der Waals surface area contributed by atoms with Gasteiger partial charge in [0.15, 0.2) is 0 Å². The van der Waals surface area contributed by atoms with Crippen LogP contribution in [0.4, 0.5) is 5.69 Å². The lowest BCUT2D eigenvalue weighted by Crippen LogP contribution is -2.25. The minimum absolute atomic E-state index is 0.188. The van der Waals surface area contributed by atoms with Crippen LogP contribution in [0.25, 0.3) is 0 Å². The molecular weight excluding hydrogens is 268 g/mol. The van der Waals surface area contributed by atoms with E-state index in [0.717, 1.165) is 5.69 Å². The first kappa shape index (κ1) is 13.5. The summed E-state index contributed by atoms with van der Waals surface area (Å²) in [6.07, 6.45) is 1.59. The molecule has 0 saturated heterocycles. The molecule has 0 radical (unpaired) electrons. The number of aromatic amines is 1. The van der Waals surface area contributed by atoms with Crippen molar-refractivity contribution in [1.82, 2.24) is 25.3 Å². The Morgan fingerprint density at radius 3 is 2.95 bits per heavy atom. The van der Waals surface area contributed by atoms with Crippen LogP contribution >= 0.6 is 0 Å². The van der Waals surface area contributed by atoms with E-state index in [1.807, 2.05) is 0 Å². The molecule has 2 heterocycles. The highest BCUT2D eigenvalue weighted by Crippen LogP contribution is 2.27. The lowest BCUT2D eigenvalue weighted by molar-refractivity contribution is -0.386. The van der Waals surface area contributed by atoms with Crippen molar-refractivity contribution in [1.29, 1.82) is 0 Å². The van der Waals surface area contributed by atoms with Crippen LogP contribution in [0.15, 0.2) is 12.3 Å². The number of nitro groups is 1. The van der Waals surface area contributed by atoms with Gasteiger partial charge in [-0.15, -0.1) is 5.10 Å². The van der Waals surface area contributed by atoms with E-state index in [1.165, 1.54) is 7.11 Å². The zero-order valence-corrected chi connectivity index (χ0v) is 10.8. The van der Waals surface area contributed by atoms with Gasteiger partial charge in [0.05, 0.1) is 24.3 Å². The molecule has 0 saturated carbocycles. The smallest absolute Gasteiger partial charge is 0.362 e. The molecule has 0 bridgehead atoms. The third-order valence-electron chi connectivity index (χ3n) is 2.66. The molecule has 2 aromatic rings. The van der Waals surface area contributed by atoms with Crippen molar-refractivity contribution >= 4 is 11.6 Å². The summed E-state index contributed by atoms with van der Waals surface area (Å²) in [6, 6.07) is 1.72. The van der Waals surface area contributed by atoms with Crippen molar-refractivity contribution in [2.45, 2.75) is 6.54 Å². The molecule has 2 N–H and O–H groups in total. The van der Waals surface area contributed by atoms with E-state index in [9.17, 15) is 14.9 Å². The van der Waals surface area contributed by atoms with E-state index in [-0.39, 0.29) is 18.1 Å². The van der Waals surface area contributed by atoms with Crippen molar-refractivity contribution < 1.29 is 14.5 Å². The Hall–Kier alpha value is -2.91. The molecule has 1 amide bonds. The number of methoxy groups -OCH3 is 1. The van der Waals surface area contributed by atoms with E-state index >= 15 is 0 Å². The Bertz CT molecular complexity index is 646. The SMILES string of the molecule is COc1n[nH]c(C(=O)NCc2ccnn2C)c1[N+](=O)[O-]. The lowest BCUT2D eigenvalue weighted by Gasteiger charge is -2.03. The summed E-state index contributed by atoms with van der Waals surface area (Å²) in [5.74, 6) is -0.880. The molecule has 0 aromatic carbocycles. The number of carbonyl (C=O) groups excluding carboxylic acids is 1. The number of aryl methyl sites for hydroxylation is 1. The van der Waals surface area contributed by atoms with E-state index in [4.69, 9.17) is 4.74 Å². The average molecular weight is 280 g/mol. The van der Waals surface area contributed by atoms with E-state index < -0.39 is 16.5 Å². The number of nitrogens with one attached hydrogen (secondary N) is 2. The van der Waals surface area contributed by atoms with Crippen molar-refractivity contribution in [3.8, 4) is 5.88 Å². The van der Waals surface area contributed by atoms with Crippen molar-refractivity contribution in [2.24, 2.45) is 7.05 Å². The minimum atomic E-state index is -0.721. The van der Waals surface area contributed by atoms with Gasteiger partial charge in [-0.1, -0.05) is 0 Å². The Kier molecular flexibility index (Phi) is 3.64. The highest BCUT2D eigenvalue weighted by atomic mass is 16.6. The molecule has 0 atom stereocenters. The quantitative estimate of drug-likeness (QED) is 0.585. The number of carbonyl (C=O) groups is 1.